The average molecular weight is 256 g/mol. The van der Waals surface area contributed by atoms with E-state index in [1.165, 1.54) is 32.1 Å². The van der Waals surface area contributed by atoms with Gasteiger partial charge in [-0.15, -0.1) is 0 Å². The van der Waals surface area contributed by atoms with E-state index < -0.39 is 0 Å². The van der Waals surface area contributed by atoms with Crippen LogP contribution in [0.25, 0.3) is 0 Å². The largest absolute Gasteiger partial charge is 0.375 e. The molecule has 0 aromatic heterocycles. The van der Waals surface area contributed by atoms with Crippen molar-refractivity contribution >= 4 is 5.78 Å². The highest BCUT2D eigenvalue weighted by molar-refractivity contribution is 5.90. The summed E-state index contributed by atoms with van der Waals surface area (Å²) >= 11 is 0. The standard InChI is InChI=1S/C15H28O3/c1-3-5-6-7-8-9-11-17-14-12-13(16)15(14)18-10-4-2/h14-15H,3-12H2,1-2H3. The third kappa shape index (κ3) is 5.49. The maximum absolute atomic E-state index is 11.3. The van der Waals surface area contributed by atoms with Crippen LogP contribution in [0.2, 0.25) is 0 Å². The molecule has 0 aromatic carbocycles. The van der Waals surface area contributed by atoms with E-state index in [2.05, 4.69) is 13.8 Å². The molecule has 106 valence electrons. The molecule has 0 aliphatic heterocycles. The van der Waals surface area contributed by atoms with Gasteiger partial charge >= 0.3 is 0 Å². The van der Waals surface area contributed by atoms with Crippen molar-refractivity contribution in [2.75, 3.05) is 13.2 Å². The SMILES string of the molecule is CCCCCCCCOC1CC(=O)C1OCCC. The Kier molecular flexibility index (Phi) is 8.27. The van der Waals surface area contributed by atoms with E-state index in [9.17, 15) is 4.79 Å². The van der Waals surface area contributed by atoms with Gasteiger partial charge < -0.3 is 9.47 Å². The smallest absolute Gasteiger partial charge is 0.166 e. The molecule has 1 saturated carbocycles. The minimum atomic E-state index is -0.273. The molecular formula is C15H28O3. The zero-order chi connectivity index (χ0) is 13.2. The maximum Gasteiger partial charge on any atom is 0.166 e. The molecule has 0 spiro atoms. The van der Waals surface area contributed by atoms with E-state index in [1.807, 2.05) is 0 Å². The number of rotatable bonds is 11. The summed E-state index contributed by atoms with van der Waals surface area (Å²) in [6.45, 7) is 5.71. The van der Waals surface area contributed by atoms with Crippen LogP contribution in [0.4, 0.5) is 0 Å². The summed E-state index contributed by atoms with van der Waals surface area (Å²) in [5.41, 5.74) is 0. The first kappa shape index (κ1) is 15.6. The number of unbranched alkanes of at least 4 members (excludes halogenated alkanes) is 5. The lowest BCUT2D eigenvalue weighted by molar-refractivity contribution is -0.165. The molecule has 2 unspecified atom stereocenters. The fourth-order valence-corrected chi connectivity index (χ4v) is 2.18. The minimum absolute atomic E-state index is 0.0275. The van der Waals surface area contributed by atoms with E-state index in [-0.39, 0.29) is 18.0 Å². The summed E-state index contributed by atoms with van der Waals surface area (Å²) in [6.07, 6.45) is 8.86. The molecular weight excluding hydrogens is 228 g/mol. The van der Waals surface area contributed by atoms with Gasteiger partial charge in [-0.2, -0.15) is 0 Å². The first-order valence-electron chi connectivity index (χ1n) is 7.55. The van der Waals surface area contributed by atoms with Crippen molar-refractivity contribution < 1.29 is 14.3 Å². The zero-order valence-corrected chi connectivity index (χ0v) is 12.0. The second kappa shape index (κ2) is 9.51. The molecule has 0 aromatic rings. The van der Waals surface area contributed by atoms with Crippen LogP contribution in [-0.2, 0) is 14.3 Å². The van der Waals surface area contributed by atoms with Gasteiger partial charge in [0.05, 0.1) is 6.10 Å². The number of hydrogen-bond acceptors (Lipinski definition) is 3. The molecule has 18 heavy (non-hydrogen) atoms. The van der Waals surface area contributed by atoms with Gasteiger partial charge in [0.25, 0.3) is 0 Å². The lowest BCUT2D eigenvalue weighted by Crippen LogP contribution is -2.50. The Morgan fingerprint density at radius 3 is 2.33 bits per heavy atom. The Hall–Kier alpha value is -0.410. The Morgan fingerprint density at radius 2 is 1.67 bits per heavy atom. The monoisotopic (exact) mass is 256 g/mol. The van der Waals surface area contributed by atoms with Crippen molar-refractivity contribution in [1.82, 2.24) is 0 Å². The number of Topliss-reactive ketones (excluding diaryl/α,β-unsaturated/α-hetero) is 1. The molecule has 1 fully saturated rings. The van der Waals surface area contributed by atoms with Crippen LogP contribution in [0, 0.1) is 0 Å². The highest BCUT2D eigenvalue weighted by Gasteiger charge is 2.41. The topological polar surface area (TPSA) is 35.5 Å². The van der Waals surface area contributed by atoms with Crippen molar-refractivity contribution in [3.05, 3.63) is 0 Å². The van der Waals surface area contributed by atoms with Gasteiger partial charge in [-0.1, -0.05) is 46.0 Å². The van der Waals surface area contributed by atoms with Crippen molar-refractivity contribution in [2.45, 2.75) is 77.4 Å². The molecule has 2 atom stereocenters. The van der Waals surface area contributed by atoms with Crippen LogP contribution in [0.3, 0.4) is 0 Å². The Balaban J connectivity index is 1.97. The first-order chi connectivity index (χ1) is 8.79. The maximum atomic E-state index is 11.3. The second-order valence-corrected chi connectivity index (χ2v) is 5.14. The van der Waals surface area contributed by atoms with Crippen molar-refractivity contribution in [1.29, 1.82) is 0 Å². The summed E-state index contributed by atoms with van der Waals surface area (Å²) in [6, 6.07) is 0. The lowest BCUT2D eigenvalue weighted by Gasteiger charge is -2.34. The van der Waals surface area contributed by atoms with Crippen molar-refractivity contribution in [3.63, 3.8) is 0 Å². The Labute approximate surface area is 111 Å². The quantitative estimate of drug-likeness (QED) is 0.531. The molecule has 0 saturated heterocycles. The highest BCUT2D eigenvalue weighted by Crippen LogP contribution is 2.23. The van der Waals surface area contributed by atoms with Gasteiger partial charge in [0, 0.05) is 19.6 Å². The number of ether oxygens (including phenoxy) is 2. The van der Waals surface area contributed by atoms with E-state index >= 15 is 0 Å². The van der Waals surface area contributed by atoms with Crippen LogP contribution in [0.1, 0.15) is 65.2 Å². The average Bonchev–Trinajstić information content (AvgIpc) is 2.36. The molecule has 0 amide bonds. The van der Waals surface area contributed by atoms with Gasteiger partial charge in [-0.3, -0.25) is 4.79 Å². The van der Waals surface area contributed by atoms with Gasteiger partial charge in [-0.25, -0.2) is 0 Å². The molecule has 0 radical (unpaired) electrons. The van der Waals surface area contributed by atoms with Gasteiger partial charge in [-0.05, 0) is 12.8 Å². The van der Waals surface area contributed by atoms with Crippen LogP contribution in [-0.4, -0.2) is 31.2 Å². The van der Waals surface area contributed by atoms with Gasteiger partial charge in [0.15, 0.2) is 5.78 Å². The fourth-order valence-electron chi connectivity index (χ4n) is 2.18. The molecule has 0 bridgehead atoms. The molecule has 1 aliphatic rings. The molecule has 3 nitrogen and oxygen atoms in total. The van der Waals surface area contributed by atoms with Crippen LogP contribution in [0.15, 0.2) is 0 Å². The Bertz CT molecular complexity index is 228. The lowest BCUT2D eigenvalue weighted by atomic mass is 9.90. The summed E-state index contributed by atoms with van der Waals surface area (Å²) in [4.78, 5) is 11.3. The number of carbonyl (C=O) groups is 1. The van der Waals surface area contributed by atoms with E-state index in [4.69, 9.17) is 9.47 Å². The van der Waals surface area contributed by atoms with E-state index in [1.54, 1.807) is 0 Å². The predicted molar refractivity (Wildman–Crippen MR) is 72.8 cm³/mol. The normalized spacial score (nSPS) is 23.1. The third-order valence-electron chi connectivity index (χ3n) is 3.39. The fraction of sp³-hybridized carbons (Fsp3) is 0.933. The van der Waals surface area contributed by atoms with Crippen molar-refractivity contribution in [2.24, 2.45) is 0 Å². The van der Waals surface area contributed by atoms with Gasteiger partial charge in [0.1, 0.15) is 6.10 Å². The van der Waals surface area contributed by atoms with Crippen LogP contribution in [0.5, 0.6) is 0 Å². The summed E-state index contributed by atoms with van der Waals surface area (Å²) in [5.74, 6) is 0.205. The zero-order valence-electron chi connectivity index (χ0n) is 12.0. The van der Waals surface area contributed by atoms with Gasteiger partial charge in [0.2, 0.25) is 0 Å². The minimum Gasteiger partial charge on any atom is -0.375 e. The van der Waals surface area contributed by atoms with Crippen molar-refractivity contribution in [3.8, 4) is 0 Å². The number of hydrogen-bond donors (Lipinski definition) is 0. The van der Waals surface area contributed by atoms with E-state index in [0.717, 1.165) is 19.4 Å². The molecule has 1 aliphatic carbocycles. The molecule has 3 heteroatoms. The molecule has 0 N–H and O–H groups in total. The number of ketones is 1. The Morgan fingerprint density at radius 1 is 0.944 bits per heavy atom. The van der Waals surface area contributed by atoms with Crippen LogP contribution < -0.4 is 0 Å². The summed E-state index contributed by atoms with van der Waals surface area (Å²) < 4.78 is 11.2. The second-order valence-electron chi connectivity index (χ2n) is 5.14. The first-order valence-corrected chi connectivity index (χ1v) is 7.55. The van der Waals surface area contributed by atoms with Crippen LogP contribution >= 0.6 is 0 Å². The summed E-state index contributed by atoms with van der Waals surface area (Å²) in [5, 5.41) is 0. The summed E-state index contributed by atoms with van der Waals surface area (Å²) in [7, 11) is 0. The predicted octanol–water partition coefficient (Wildman–Crippen LogP) is 3.50. The third-order valence-corrected chi connectivity index (χ3v) is 3.39. The highest BCUT2D eigenvalue weighted by atomic mass is 16.5. The number of carbonyl (C=O) groups excluding carboxylic acids is 1. The molecule has 1 rings (SSSR count). The van der Waals surface area contributed by atoms with E-state index in [0.29, 0.717) is 13.0 Å². The molecule has 0 heterocycles.